The van der Waals surface area contributed by atoms with Crippen LogP contribution in [-0.2, 0) is 9.68 Å². The predicted octanol–water partition coefficient (Wildman–Crippen LogP) is 29.2. The fourth-order valence-electron chi connectivity index (χ4n) is 17.8. The van der Waals surface area contributed by atoms with E-state index < -0.39 is 11.2 Å². The first-order chi connectivity index (χ1) is 58.7. The van der Waals surface area contributed by atoms with Gasteiger partial charge in [-0.15, -0.1) is 28.3 Å². The molecule has 0 amide bonds. The molecule has 14 heteroatoms. The van der Waals surface area contributed by atoms with Crippen molar-refractivity contribution in [2.45, 2.75) is 55.0 Å². The van der Waals surface area contributed by atoms with Crippen molar-refractivity contribution in [2.24, 2.45) is 0 Å². The molecule has 0 bridgehead atoms. The maximum absolute atomic E-state index is 10.3. The van der Waals surface area contributed by atoms with Crippen LogP contribution in [0.5, 0.6) is 0 Å². The van der Waals surface area contributed by atoms with Gasteiger partial charge < -0.3 is 18.3 Å². The van der Waals surface area contributed by atoms with Gasteiger partial charge in [-0.05, 0) is 229 Å². The molecule has 11 nitrogen and oxygen atoms in total. The average molecular weight is 1650 g/mol. The highest BCUT2D eigenvalue weighted by Gasteiger charge is 2.51. The highest BCUT2D eigenvalue weighted by molar-refractivity contribution is 9.10. The summed E-state index contributed by atoms with van der Waals surface area (Å²) >= 11 is 7.13. The Bertz CT molecular complexity index is 7520. The fourth-order valence-corrected chi connectivity index (χ4v) is 20.6. The van der Waals surface area contributed by atoms with Crippen LogP contribution in [0.1, 0.15) is 50.3 Å². The van der Waals surface area contributed by atoms with E-state index in [0.29, 0.717) is 27.8 Å². The number of thioether (sulfide) groups is 1. The third-order valence-corrected chi connectivity index (χ3v) is 27.4. The second-order valence-corrected chi connectivity index (χ2v) is 34.7. The molecule has 2 unspecified atom stereocenters. The summed E-state index contributed by atoms with van der Waals surface area (Å²) in [6.45, 7) is 24.3. The van der Waals surface area contributed by atoms with Gasteiger partial charge in [0.2, 0.25) is 0 Å². The minimum absolute atomic E-state index is 0.177. The van der Waals surface area contributed by atoms with Crippen molar-refractivity contribution in [1.82, 2.24) is 23.5 Å². The smallest absolute Gasteiger partial charge is 0.195 e. The lowest BCUT2D eigenvalue weighted by Gasteiger charge is -2.26. The lowest BCUT2D eigenvalue weighted by atomic mass is 9.89. The van der Waals surface area contributed by atoms with E-state index in [9.17, 15) is 5.26 Å². The van der Waals surface area contributed by atoms with Crippen molar-refractivity contribution in [2.75, 3.05) is 0 Å². The number of nitrogens with zero attached hydrogens (tertiary/aromatic N) is 9. The number of halogens is 1. The second kappa shape index (κ2) is 29.1. The van der Waals surface area contributed by atoms with E-state index in [-0.39, 0.29) is 5.92 Å². The number of aromatic nitrogens is 4. The van der Waals surface area contributed by atoms with E-state index in [1.807, 2.05) is 54.2 Å². The van der Waals surface area contributed by atoms with Gasteiger partial charge in [0.05, 0.1) is 80.2 Å². The van der Waals surface area contributed by atoms with Gasteiger partial charge in [-0.25, -0.2) is 19.4 Å². The summed E-state index contributed by atoms with van der Waals surface area (Å²) in [6, 6.07) is 117. The second-order valence-electron chi connectivity index (χ2n) is 31.5. The maximum Gasteiger partial charge on any atom is 0.195 e. The fraction of sp³-hybridized carbons (Fsp3) is 0.0755. The molecule has 2 atom stereocenters. The zero-order chi connectivity index (χ0) is 81.2. The van der Waals surface area contributed by atoms with Crippen LogP contribution in [0.25, 0.3) is 173 Å². The Balaban J connectivity index is 0.000000121. The van der Waals surface area contributed by atoms with E-state index in [1.54, 1.807) is 16.6 Å². The van der Waals surface area contributed by atoms with Gasteiger partial charge in [0.1, 0.15) is 17.3 Å². The Labute approximate surface area is 708 Å². The Morgan fingerprint density at radius 2 is 0.717 bits per heavy atom. The Morgan fingerprint density at radius 3 is 1.10 bits per heavy atom. The molecule has 0 N–H and O–H groups in total. The third kappa shape index (κ3) is 12.1. The van der Waals surface area contributed by atoms with Crippen molar-refractivity contribution in [3.63, 3.8) is 0 Å². The van der Waals surface area contributed by atoms with Crippen LogP contribution in [-0.4, -0.2) is 39.9 Å². The van der Waals surface area contributed by atoms with Gasteiger partial charge in [0.15, 0.2) is 11.4 Å². The van der Waals surface area contributed by atoms with Gasteiger partial charge in [0.25, 0.3) is 0 Å². The number of nitriles is 2. The summed E-state index contributed by atoms with van der Waals surface area (Å²) < 4.78 is 12.3. The molecule has 15 aromatic carbocycles. The number of rotatable bonds is 8. The molecule has 7 heterocycles. The van der Waals surface area contributed by atoms with Crippen molar-refractivity contribution in [1.29, 1.82) is 10.5 Å². The Morgan fingerprint density at radius 1 is 0.375 bits per heavy atom. The van der Waals surface area contributed by atoms with Crippen LogP contribution in [0.15, 0.2) is 355 Å². The zero-order valence-electron chi connectivity index (χ0n) is 65.5. The highest BCUT2D eigenvalue weighted by atomic mass is 79.9. The summed E-state index contributed by atoms with van der Waals surface area (Å²) in [5, 5.41) is 33.3. The molecular formula is C106H70BrN9O2S2. The molecule has 1 fully saturated rings. The maximum atomic E-state index is 10.3. The molecule has 0 radical (unpaired) electrons. The monoisotopic (exact) mass is 1640 g/mol. The molecule has 0 spiro atoms. The lowest BCUT2D eigenvalue weighted by molar-refractivity contribution is -0.300. The van der Waals surface area contributed by atoms with Crippen LogP contribution in [0.4, 0.5) is 11.4 Å². The number of allylic oxidation sites excluding steroid dienone is 2. The Kier molecular flexibility index (Phi) is 17.8. The molecule has 5 aromatic heterocycles. The quantitative estimate of drug-likeness (QED) is 0.141. The molecule has 23 rings (SSSR count). The van der Waals surface area contributed by atoms with E-state index in [0.717, 1.165) is 110 Å². The molecule has 20 aromatic rings. The minimum atomic E-state index is -0.453. The van der Waals surface area contributed by atoms with Crippen LogP contribution < -0.4 is 0 Å². The molecule has 2 aliphatic heterocycles. The minimum Gasteiger partial charge on any atom is -0.309 e. The van der Waals surface area contributed by atoms with Crippen LogP contribution >= 0.6 is 39.0 Å². The molecule has 1 aliphatic carbocycles. The molecule has 0 saturated carbocycles. The van der Waals surface area contributed by atoms with E-state index in [1.165, 1.54) is 74.0 Å². The SMILES string of the molecule is N#Cc1ccc(-n2c3ccccc3c3ccccc32)cc1Br.[C-]#[N+]c1ccc(-n2c3ccccc3c3ccccc32)cc1-c1ccc2c(c1)C1C=C(N3OC(C)(C)C(C)(C)O3)C=CC1S2.[C-]#[N+]c1ccc(-n2c3ccccc3c3ccccc32)cc1-c1ccc2sc3ccc(-c4cc(-n5c6ccccc6c6ccccc65)ccc4C#N)cc3c2c1. The van der Waals surface area contributed by atoms with E-state index in [2.05, 4.69) is 381 Å². The standard InChI is InChI=1S/C50H28N4S.C37H31N3O2S.C19H11BrN2/c1-52-44-23-22-35(54-47-16-8-4-12-38(47)39-13-5-9-17-48(39)54)29-41(44)32-20-25-50-43(27-32)42-26-31(19-24-49(42)55-50)40-28-34(21-18-33(40)30-51)53-45-14-6-2-10-36(45)37-11-3-7-15-46(37)53;1-36(2)37(3,4)42-40(41-36)25-16-19-35-30(22-25)29-20-23(14-18-34(29)43-35)28-21-24(15-17-31(28)38-5)39-32-12-8-6-10-26(32)27-11-7-9-13-33(27)39;20-17-11-14(10-9-13(17)12-21)22-18-7-3-1-5-15(18)16-6-2-4-8-19(16)22/h2-29H;6-22,30,35H,1-4H3;1-11H. The Hall–Kier alpha value is -14.3. The van der Waals surface area contributed by atoms with Gasteiger partial charge in [0, 0.05) is 112 Å². The van der Waals surface area contributed by atoms with Crippen molar-refractivity contribution in [3.8, 4) is 68.3 Å². The third-order valence-electron chi connectivity index (χ3n) is 24.2. The first-order valence-corrected chi connectivity index (χ1v) is 42.3. The summed E-state index contributed by atoms with van der Waals surface area (Å²) in [5.74, 6) is 0.177. The number of fused-ring (bicyclic) bond motifs is 18. The first kappa shape index (κ1) is 73.3. The summed E-state index contributed by atoms with van der Waals surface area (Å²) in [7, 11) is 0. The van der Waals surface area contributed by atoms with Gasteiger partial charge >= 0.3 is 0 Å². The summed E-state index contributed by atoms with van der Waals surface area (Å²) in [4.78, 5) is 21.6. The van der Waals surface area contributed by atoms with Crippen molar-refractivity contribution >= 4 is 158 Å². The molecule has 120 heavy (non-hydrogen) atoms. The van der Waals surface area contributed by atoms with E-state index >= 15 is 0 Å². The van der Waals surface area contributed by atoms with Gasteiger partial charge in [-0.2, -0.15) is 10.5 Å². The molecular weight excluding hydrogens is 1580 g/mol. The van der Waals surface area contributed by atoms with Gasteiger partial charge in [-0.1, -0.05) is 188 Å². The number of thiophene rings is 1. The van der Waals surface area contributed by atoms with Crippen molar-refractivity contribution < 1.29 is 9.68 Å². The normalized spacial score (nSPS) is 15.0. The van der Waals surface area contributed by atoms with Crippen LogP contribution in [0, 0.1) is 35.8 Å². The molecule has 1 saturated heterocycles. The number of benzene rings is 15. The number of hydroxylamine groups is 2. The van der Waals surface area contributed by atoms with Crippen molar-refractivity contribution in [3.05, 3.63) is 389 Å². The van der Waals surface area contributed by atoms with Crippen LogP contribution in [0.3, 0.4) is 0 Å². The average Bonchev–Trinajstić information content (AvgIpc) is 1.59. The molecule has 3 aliphatic rings. The van der Waals surface area contributed by atoms with Crippen LogP contribution in [0.2, 0.25) is 0 Å². The largest absolute Gasteiger partial charge is 0.309 e. The van der Waals surface area contributed by atoms with E-state index in [4.69, 9.17) is 28.1 Å². The van der Waals surface area contributed by atoms with Gasteiger partial charge in [-0.3, -0.25) is 0 Å². The first-order valence-electron chi connectivity index (χ1n) is 39.8. The number of hydrogen-bond donors (Lipinski definition) is 0. The zero-order valence-corrected chi connectivity index (χ0v) is 68.7. The summed E-state index contributed by atoms with van der Waals surface area (Å²) in [5.41, 5.74) is 22.9. The lowest BCUT2D eigenvalue weighted by Crippen LogP contribution is -2.41. The number of hydrogen-bond acceptors (Lipinski definition) is 7. The molecule has 570 valence electrons. The topological polar surface area (TPSA) is 97.7 Å². The predicted molar refractivity (Wildman–Crippen MR) is 497 cm³/mol. The highest BCUT2D eigenvalue weighted by Crippen LogP contribution is 2.53. The number of para-hydroxylation sites is 8. The summed E-state index contributed by atoms with van der Waals surface area (Å²) in [6.07, 6.45) is 6.61.